The van der Waals surface area contributed by atoms with Gasteiger partial charge in [0.15, 0.2) is 0 Å². The van der Waals surface area contributed by atoms with Crippen LogP contribution in [-0.4, -0.2) is 35.1 Å². The van der Waals surface area contributed by atoms with E-state index in [4.69, 9.17) is 15.1 Å². The van der Waals surface area contributed by atoms with Gasteiger partial charge in [0.25, 0.3) is 0 Å². The third-order valence-corrected chi connectivity index (χ3v) is 2.23. The Balaban J connectivity index is 3.09. The maximum atomic E-state index is 9.69. The topological polar surface area (TPSA) is 93.7 Å². The van der Waals surface area contributed by atoms with Crippen molar-refractivity contribution in [3.05, 3.63) is 29.3 Å². The Bertz CT molecular complexity index is 399. The van der Waals surface area contributed by atoms with Gasteiger partial charge in [0.05, 0.1) is 25.3 Å². The van der Waals surface area contributed by atoms with Crippen LogP contribution in [0.15, 0.2) is 18.2 Å². The number of hydrogen-bond acceptors (Lipinski definition) is 5. The first-order chi connectivity index (χ1) is 7.63. The van der Waals surface area contributed by atoms with Gasteiger partial charge in [0, 0.05) is 5.56 Å². The Morgan fingerprint density at radius 3 is 2.62 bits per heavy atom. The van der Waals surface area contributed by atoms with Gasteiger partial charge in [-0.1, -0.05) is 6.07 Å². The van der Waals surface area contributed by atoms with Crippen molar-refractivity contribution in [2.45, 2.75) is 12.2 Å². The van der Waals surface area contributed by atoms with E-state index in [2.05, 4.69) is 0 Å². The molecule has 16 heavy (non-hydrogen) atoms. The number of hydrogen-bond donors (Lipinski definition) is 3. The van der Waals surface area contributed by atoms with Gasteiger partial charge < -0.3 is 20.1 Å². The highest BCUT2D eigenvalue weighted by Gasteiger charge is 2.21. The number of nitrogens with zero attached hydrogens (tertiary/aromatic N) is 1. The predicted octanol–water partition coefficient (Wildman–Crippen LogP) is -0.0465. The smallest absolute Gasteiger partial charge is 0.126 e. The maximum absolute atomic E-state index is 9.69. The summed E-state index contributed by atoms with van der Waals surface area (Å²) < 4.78 is 5.00. The van der Waals surface area contributed by atoms with Gasteiger partial charge in [-0.15, -0.1) is 0 Å². The lowest BCUT2D eigenvalue weighted by molar-refractivity contribution is -0.0162. The number of aliphatic hydroxyl groups excluding tert-OH is 3. The summed E-state index contributed by atoms with van der Waals surface area (Å²) in [5.74, 6) is 0.305. The van der Waals surface area contributed by atoms with E-state index in [-0.39, 0.29) is 0 Å². The second-order valence-corrected chi connectivity index (χ2v) is 3.26. The standard InChI is InChI=1S/C11H13NO4/c1-16-10-4-7(5-12)2-3-8(10)11(15)9(14)6-13/h2-4,9,11,13-15H,6H2,1H3. The third kappa shape index (κ3) is 2.49. The van der Waals surface area contributed by atoms with Crippen molar-refractivity contribution < 1.29 is 20.1 Å². The Labute approximate surface area is 93.1 Å². The number of benzene rings is 1. The molecule has 1 rings (SSSR count). The Morgan fingerprint density at radius 1 is 1.44 bits per heavy atom. The first kappa shape index (κ1) is 12.5. The Kier molecular flexibility index (Phi) is 4.26. The second kappa shape index (κ2) is 5.47. The van der Waals surface area contributed by atoms with Crippen LogP contribution in [0.5, 0.6) is 5.75 Å². The molecule has 2 unspecified atom stereocenters. The largest absolute Gasteiger partial charge is 0.496 e. The molecule has 0 spiro atoms. The molecule has 0 amide bonds. The van der Waals surface area contributed by atoms with Crippen LogP contribution in [0.25, 0.3) is 0 Å². The molecular formula is C11H13NO4. The van der Waals surface area contributed by atoms with E-state index >= 15 is 0 Å². The summed E-state index contributed by atoms with van der Waals surface area (Å²) in [5.41, 5.74) is 0.731. The normalized spacial score (nSPS) is 13.9. The van der Waals surface area contributed by atoms with E-state index in [1.54, 1.807) is 0 Å². The fraction of sp³-hybridized carbons (Fsp3) is 0.364. The van der Waals surface area contributed by atoms with Crippen molar-refractivity contribution in [3.63, 3.8) is 0 Å². The van der Waals surface area contributed by atoms with Crippen molar-refractivity contribution in [2.75, 3.05) is 13.7 Å². The van der Waals surface area contributed by atoms with Gasteiger partial charge in [0.2, 0.25) is 0 Å². The number of ether oxygens (including phenoxy) is 1. The van der Waals surface area contributed by atoms with Crippen LogP contribution in [0.2, 0.25) is 0 Å². The predicted molar refractivity (Wildman–Crippen MR) is 55.8 cm³/mol. The molecule has 0 aliphatic heterocycles. The molecule has 0 radical (unpaired) electrons. The second-order valence-electron chi connectivity index (χ2n) is 3.26. The maximum Gasteiger partial charge on any atom is 0.126 e. The number of rotatable bonds is 4. The molecule has 0 saturated carbocycles. The molecule has 5 nitrogen and oxygen atoms in total. The quantitative estimate of drug-likeness (QED) is 0.665. The van der Waals surface area contributed by atoms with Crippen molar-refractivity contribution in [3.8, 4) is 11.8 Å². The van der Waals surface area contributed by atoms with Crippen molar-refractivity contribution in [1.82, 2.24) is 0 Å². The Morgan fingerprint density at radius 2 is 2.12 bits per heavy atom. The van der Waals surface area contributed by atoms with Gasteiger partial charge in [-0.3, -0.25) is 0 Å². The van der Waals surface area contributed by atoms with E-state index in [1.165, 1.54) is 25.3 Å². The Hall–Kier alpha value is -1.61. The molecule has 0 saturated heterocycles. The summed E-state index contributed by atoms with van der Waals surface area (Å²) in [7, 11) is 1.40. The van der Waals surface area contributed by atoms with Crippen LogP contribution in [-0.2, 0) is 0 Å². The minimum absolute atomic E-state index is 0.305. The average Bonchev–Trinajstić information content (AvgIpc) is 2.35. The monoisotopic (exact) mass is 223 g/mol. The minimum Gasteiger partial charge on any atom is -0.496 e. The number of methoxy groups -OCH3 is 1. The average molecular weight is 223 g/mol. The lowest BCUT2D eigenvalue weighted by Crippen LogP contribution is -2.22. The molecule has 1 aromatic carbocycles. The molecular weight excluding hydrogens is 210 g/mol. The summed E-state index contributed by atoms with van der Waals surface area (Å²) in [5, 5.41) is 36.4. The van der Waals surface area contributed by atoms with Gasteiger partial charge in [0.1, 0.15) is 18.0 Å². The molecule has 2 atom stereocenters. The zero-order valence-corrected chi connectivity index (χ0v) is 8.79. The zero-order valence-electron chi connectivity index (χ0n) is 8.79. The van der Waals surface area contributed by atoms with Gasteiger partial charge >= 0.3 is 0 Å². The third-order valence-electron chi connectivity index (χ3n) is 2.23. The summed E-state index contributed by atoms with van der Waals surface area (Å²) in [6.07, 6.45) is -2.52. The van der Waals surface area contributed by atoms with E-state index < -0.39 is 18.8 Å². The van der Waals surface area contributed by atoms with Gasteiger partial charge in [-0.05, 0) is 12.1 Å². The summed E-state index contributed by atoms with van der Waals surface area (Å²) >= 11 is 0. The molecule has 0 aromatic heterocycles. The molecule has 0 aliphatic rings. The lowest BCUT2D eigenvalue weighted by Gasteiger charge is -2.18. The van der Waals surface area contributed by atoms with Crippen LogP contribution >= 0.6 is 0 Å². The van der Waals surface area contributed by atoms with Crippen LogP contribution in [0.3, 0.4) is 0 Å². The number of nitriles is 1. The van der Waals surface area contributed by atoms with Gasteiger partial charge in [-0.25, -0.2) is 0 Å². The molecule has 3 N–H and O–H groups in total. The molecule has 0 fully saturated rings. The molecule has 1 aromatic rings. The van der Waals surface area contributed by atoms with Crippen LogP contribution in [0, 0.1) is 11.3 Å². The highest BCUT2D eigenvalue weighted by Crippen LogP contribution is 2.28. The highest BCUT2D eigenvalue weighted by molar-refractivity contribution is 5.43. The van der Waals surface area contributed by atoms with Crippen molar-refractivity contribution in [2.24, 2.45) is 0 Å². The first-order valence-corrected chi connectivity index (χ1v) is 4.69. The van der Waals surface area contributed by atoms with E-state index in [0.29, 0.717) is 16.9 Å². The highest BCUT2D eigenvalue weighted by atomic mass is 16.5. The summed E-state index contributed by atoms with van der Waals surface area (Å²) in [6.45, 7) is -0.551. The minimum atomic E-state index is -1.28. The lowest BCUT2D eigenvalue weighted by atomic mass is 10.0. The van der Waals surface area contributed by atoms with Crippen molar-refractivity contribution >= 4 is 0 Å². The van der Waals surface area contributed by atoms with Crippen molar-refractivity contribution in [1.29, 1.82) is 5.26 Å². The molecule has 0 heterocycles. The molecule has 0 bridgehead atoms. The fourth-order valence-corrected chi connectivity index (χ4v) is 1.33. The van der Waals surface area contributed by atoms with E-state index in [1.807, 2.05) is 6.07 Å². The van der Waals surface area contributed by atoms with E-state index in [9.17, 15) is 10.2 Å². The number of aliphatic hydroxyl groups is 3. The molecule has 0 aliphatic carbocycles. The molecule has 86 valence electrons. The van der Waals surface area contributed by atoms with Crippen LogP contribution < -0.4 is 4.74 Å². The van der Waals surface area contributed by atoms with Gasteiger partial charge in [-0.2, -0.15) is 5.26 Å². The molecule has 5 heteroatoms. The zero-order chi connectivity index (χ0) is 12.1. The first-order valence-electron chi connectivity index (χ1n) is 4.69. The van der Waals surface area contributed by atoms with E-state index in [0.717, 1.165) is 0 Å². The SMILES string of the molecule is COc1cc(C#N)ccc1C(O)C(O)CO. The summed E-state index contributed by atoms with van der Waals surface area (Å²) in [4.78, 5) is 0. The van der Waals surface area contributed by atoms with Crippen LogP contribution in [0.4, 0.5) is 0 Å². The fourth-order valence-electron chi connectivity index (χ4n) is 1.33. The van der Waals surface area contributed by atoms with Crippen LogP contribution in [0.1, 0.15) is 17.2 Å². The summed E-state index contributed by atoms with van der Waals surface area (Å²) in [6, 6.07) is 6.39.